The zero-order valence-corrected chi connectivity index (χ0v) is 11.9. The lowest BCUT2D eigenvalue weighted by atomic mass is 9.99. The highest BCUT2D eigenvalue weighted by molar-refractivity contribution is 5.64. The molecule has 2 aromatic rings. The zero-order valence-electron chi connectivity index (χ0n) is 11.9. The molecule has 2 heteroatoms. The van der Waals surface area contributed by atoms with Crippen molar-refractivity contribution in [2.24, 2.45) is 5.73 Å². The minimum Gasteiger partial charge on any atom is -0.324 e. The molecule has 0 radical (unpaired) electrons. The largest absolute Gasteiger partial charge is 0.324 e. The van der Waals surface area contributed by atoms with E-state index >= 15 is 0 Å². The van der Waals surface area contributed by atoms with Gasteiger partial charge in [-0.2, -0.15) is 0 Å². The van der Waals surface area contributed by atoms with E-state index in [0.717, 1.165) is 6.54 Å². The van der Waals surface area contributed by atoms with Gasteiger partial charge in [-0.05, 0) is 49.3 Å². The van der Waals surface area contributed by atoms with E-state index in [1.165, 1.54) is 22.3 Å². The molecule has 1 atom stereocenters. The fraction of sp³-hybridized carbons (Fsp3) is 0.294. The summed E-state index contributed by atoms with van der Waals surface area (Å²) in [6, 6.07) is 17.3. The predicted octanol–water partition coefficient (Wildman–Crippen LogP) is 3.43. The Balaban J connectivity index is 2.24. The molecular formula is C17H22N2. The third-order valence-corrected chi connectivity index (χ3v) is 3.20. The van der Waals surface area contributed by atoms with Crippen LogP contribution >= 0.6 is 0 Å². The highest BCUT2D eigenvalue weighted by Gasteiger charge is 2.03. The third-order valence-electron chi connectivity index (χ3n) is 3.20. The molecular weight excluding hydrogens is 232 g/mol. The average molecular weight is 254 g/mol. The van der Waals surface area contributed by atoms with Crippen LogP contribution in [0.4, 0.5) is 0 Å². The molecule has 0 aromatic heterocycles. The van der Waals surface area contributed by atoms with Crippen LogP contribution in [0.1, 0.15) is 24.1 Å². The number of benzene rings is 2. The van der Waals surface area contributed by atoms with Gasteiger partial charge in [0.25, 0.3) is 0 Å². The molecule has 2 rings (SSSR count). The second-order valence-corrected chi connectivity index (χ2v) is 5.35. The molecule has 0 fully saturated rings. The van der Waals surface area contributed by atoms with Crippen molar-refractivity contribution < 1.29 is 0 Å². The topological polar surface area (TPSA) is 29.3 Å². The Kier molecular flexibility index (Phi) is 4.35. The lowest BCUT2D eigenvalue weighted by Crippen LogP contribution is -2.10. The van der Waals surface area contributed by atoms with Gasteiger partial charge in [-0.15, -0.1) is 0 Å². The van der Waals surface area contributed by atoms with Gasteiger partial charge in [0.2, 0.25) is 0 Å². The molecule has 2 nitrogen and oxygen atoms in total. The number of nitrogens with two attached hydrogens (primary N) is 1. The monoisotopic (exact) mass is 254 g/mol. The van der Waals surface area contributed by atoms with E-state index in [1.54, 1.807) is 0 Å². The summed E-state index contributed by atoms with van der Waals surface area (Å²) in [5.74, 6) is 0. The molecule has 0 spiro atoms. The normalized spacial score (nSPS) is 12.7. The fourth-order valence-electron chi connectivity index (χ4n) is 2.17. The molecule has 0 aliphatic heterocycles. The second kappa shape index (κ2) is 6.00. The van der Waals surface area contributed by atoms with E-state index < -0.39 is 0 Å². The van der Waals surface area contributed by atoms with Crippen molar-refractivity contribution in [3.8, 4) is 11.1 Å². The summed E-state index contributed by atoms with van der Waals surface area (Å²) >= 11 is 0. The maximum atomic E-state index is 5.93. The van der Waals surface area contributed by atoms with Gasteiger partial charge in [-0.3, -0.25) is 0 Å². The molecule has 19 heavy (non-hydrogen) atoms. The van der Waals surface area contributed by atoms with E-state index in [-0.39, 0.29) is 6.04 Å². The quantitative estimate of drug-likeness (QED) is 0.905. The number of rotatable bonds is 4. The van der Waals surface area contributed by atoms with Crippen LogP contribution in [0.25, 0.3) is 11.1 Å². The molecule has 0 saturated carbocycles. The van der Waals surface area contributed by atoms with Gasteiger partial charge >= 0.3 is 0 Å². The molecule has 2 aromatic carbocycles. The first kappa shape index (κ1) is 13.8. The zero-order chi connectivity index (χ0) is 13.8. The van der Waals surface area contributed by atoms with Crippen molar-refractivity contribution in [3.63, 3.8) is 0 Å². The molecule has 0 aliphatic carbocycles. The molecule has 100 valence electrons. The SMILES string of the molecule is CC(N)c1cccc(-c2ccc(CN(C)C)cc2)c1. The summed E-state index contributed by atoms with van der Waals surface area (Å²) in [4.78, 5) is 2.17. The number of nitrogens with zero attached hydrogens (tertiary/aromatic N) is 1. The first-order valence-electron chi connectivity index (χ1n) is 6.66. The Morgan fingerprint density at radius 1 is 1.00 bits per heavy atom. The first-order chi connectivity index (χ1) is 9.06. The Morgan fingerprint density at radius 2 is 1.68 bits per heavy atom. The predicted molar refractivity (Wildman–Crippen MR) is 81.9 cm³/mol. The van der Waals surface area contributed by atoms with E-state index in [9.17, 15) is 0 Å². The van der Waals surface area contributed by atoms with Gasteiger partial charge < -0.3 is 10.6 Å². The van der Waals surface area contributed by atoms with E-state index in [1.807, 2.05) is 6.92 Å². The van der Waals surface area contributed by atoms with Gasteiger partial charge in [0.15, 0.2) is 0 Å². The van der Waals surface area contributed by atoms with Gasteiger partial charge in [0, 0.05) is 12.6 Å². The fourth-order valence-corrected chi connectivity index (χ4v) is 2.17. The summed E-state index contributed by atoms with van der Waals surface area (Å²) < 4.78 is 0. The maximum absolute atomic E-state index is 5.93. The van der Waals surface area contributed by atoms with Crippen molar-refractivity contribution in [1.82, 2.24) is 4.90 Å². The molecule has 1 unspecified atom stereocenters. The van der Waals surface area contributed by atoms with Crippen LogP contribution in [0, 0.1) is 0 Å². The second-order valence-electron chi connectivity index (χ2n) is 5.35. The first-order valence-corrected chi connectivity index (χ1v) is 6.66. The van der Waals surface area contributed by atoms with Crippen LogP contribution in [-0.4, -0.2) is 19.0 Å². The highest BCUT2D eigenvalue weighted by Crippen LogP contribution is 2.23. The van der Waals surface area contributed by atoms with Crippen LogP contribution in [0.3, 0.4) is 0 Å². The summed E-state index contributed by atoms with van der Waals surface area (Å²) in [6.07, 6.45) is 0. The smallest absolute Gasteiger partial charge is 0.0266 e. The minimum absolute atomic E-state index is 0.0768. The summed E-state index contributed by atoms with van der Waals surface area (Å²) in [7, 11) is 4.17. The highest BCUT2D eigenvalue weighted by atomic mass is 15.0. The van der Waals surface area contributed by atoms with Gasteiger partial charge in [0.05, 0.1) is 0 Å². The molecule has 0 bridgehead atoms. The minimum atomic E-state index is 0.0768. The number of hydrogen-bond acceptors (Lipinski definition) is 2. The summed E-state index contributed by atoms with van der Waals surface area (Å²) in [6.45, 7) is 2.99. The Bertz CT molecular complexity index is 527. The molecule has 0 heterocycles. The van der Waals surface area contributed by atoms with Crippen molar-refractivity contribution in [1.29, 1.82) is 0 Å². The molecule has 2 N–H and O–H groups in total. The lowest BCUT2D eigenvalue weighted by molar-refractivity contribution is 0.402. The Morgan fingerprint density at radius 3 is 2.26 bits per heavy atom. The van der Waals surface area contributed by atoms with E-state index in [0.29, 0.717) is 0 Å². The van der Waals surface area contributed by atoms with Crippen LogP contribution in [0.2, 0.25) is 0 Å². The van der Waals surface area contributed by atoms with Crippen molar-refractivity contribution in [2.75, 3.05) is 14.1 Å². The van der Waals surface area contributed by atoms with E-state index in [4.69, 9.17) is 5.73 Å². The molecule has 0 amide bonds. The summed E-state index contributed by atoms with van der Waals surface area (Å²) in [5.41, 5.74) is 10.9. The van der Waals surface area contributed by atoms with Crippen molar-refractivity contribution in [3.05, 3.63) is 59.7 Å². The van der Waals surface area contributed by atoms with Gasteiger partial charge in [0.1, 0.15) is 0 Å². The van der Waals surface area contributed by atoms with Gasteiger partial charge in [-0.1, -0.05) is 42.5 Å². The lowest BCUT2D eigenvalue weighted by Gasteiger charge is -2.11. The average Bonchev–Trinajstić information content (AvgIpc) is 2.39. The number of hydrogen-bond donors (Lipinski definition) is 1. The van der Waals surface area contributed by atoms with Crippen LogP contribution < -0.4 is 5.73 Å². The summed E-state index contributed by atoms with van der Waals surface area (Å²) in [5, 5.41) is 0. The van der Waals surface area contributed by atoms with Crippen molar-refractivity contribution in [2.45, 2.75) is 19.5 Å². The molecule has 0 saturated heterocycles. The van der Waals surface area contributed by atoms with Gasteiger partial charge in [-0.25, -0.2) is 0 Å². The Labute approximate surface area is 115 Å². The van der Waals surface area contributed by atoms with Crippen LogP contribution in [0.5, 0.6) is 0 Å². The maximum Gasteiger partial charge on any atom is 0.0266 e. The Hall–Kier alpha value is -1.64. The van der Waals surface area contributed by atoms with Crippen LogP contribution in [-0.2, 0) is 6.54 Å². The molecule has 0 aliphatic rings. The third kappa shape index (κ3) is 3.66. The van der Waals surface area contributed by atoms with E-state index in [2.05, 4.69) is 67.5 Å². The van der Waals surface area contributed by atoms with Crippen LogP contribution in [0.15, 0.2) is 48.5 Å². The standard InChI is InChI=1S/C17H22N2/c1-13(18)16-5-4-6-17(11-16)15-9-7-14(8-10-15)12-19(2)3/h4-11,13H,12,18H2,1-3H3. The van der Waals surface area contributed by atoms with Crippen molar-refractivity contribution >= 4 is 0 Å².